The first kappa shape index (κ1) is 14.3. The SMILES string of the molecule is O=C(/C1=C/CCCCCC1)c1cc(I)ccc1Br. The van der Waals surface area contributed by atoms with E-state index in [2.05, 4.69) is 44.6 Å². The molecule has 0 aromatic heterocycles. The minimum atomic E-state index is 0.197. The maximum absolute atomic E-state index is 12.5. The first-order chi connectivity index (χ1) is 8.68. The Morgan fingerprint density at radius 3 is 2.78 bits per heavy atom. The highest BCUT2D eigenvalue weighted by molar-refractivity contribution is 14.1. The van der Waals surface area contributed by atoms with Crippen molar-refractivity contribution in [2.75, 3.05) is 0 Å². The predicted molar refractivity (Wildman–Crippen MR) is 87.0 cm³/mol. The summed E-state index contributed by atoms with van der Waals surface area (Å²) < 4.78 is 2.00. The van der Waals surface area contributed by atoms with Crippen LogP contribution in [0.15, 0.2) is 34.3 Å². The zero-order valence-corrected chi connectivity index (χ0v) is 14.0. The molecule has 3 heteroatoms. The van der Waals surface area contributed by atoms with Gasteiger partial charge in [0.15, 0.2) is 5.78 Å². The Labute approximate surface area is 130 Å². The lowest BCUT2D eigenvalue weighted by atomic mass is 9.94. The Morgan fingerprint density at radius 1 is 1.17 bits per heavy atom. The molecule has 0 unspecified atom stereocenters. The van der Waals surface area contributed by atoms with E-state index in [0.717, 1.165) is 38.4 Å². The van der Waals surface area contributed by atoms with E-state index in [-0.39, 0.29) is 5.78 Å². The molecule has 18 heavy (non-hydrogen) atoms. The maximum Gasteiger partial charge on any atom is 0.189 e. The van der Waals surface area contributed by atoms with Crippen molar-refractivity contribution in [3.8, 4) is 0 Å². The van der Waals surface area contributed by atoms with Gasteiger partial charge in [0.2, 0.25) is 0 Å². The number of halogens is 2. The fourth-order valence-electron chi connectivity index (χ4n) is 2.24. The van der Waals surface area contributed by atoms with Crippen molar-refractivity contribution in [2.45, 2.75) is 38.5 Å². The van der Waals surface area contributed by atoms with Gasteiger partial charge in [-0.2, -0.15) is 0 Å². The third-order valence-corrected chi connectivity index (χ3v) is 4.62. The summed E-state index contributed by atoms with van der Waals surface area (Å²) in [5.74, 6) is 0.197. The monoisotopic (exact) mass is 418 g/mol. The average Bonchev–Trinajstić information content (AvgIpc) is 2.31. The van der Waals surface area contributed by atoms with Crippen LogP contribution in [0.5, 0.6) is 0 Å². The van der Waals surface area contributed by atoms with Crippen LogP contribution in [-0.4, -0.2) is 5.78 Å². The van der Waals surface area contributed by atoms with Gasteiger partial charge < -0.3 is 0 Å². The Bertz CT molecular complexity index is 479. The van der Waals surface area contributed by atoms with E-state index in [9.17, 15) is 4.79 Å². The van der Waals surface area contributed by atoms with E-state index in [4.69, 9.17) is 0 Å². The smallest absolute Gasteiger partial charge is 0.189 e. The van der Waals surface area contributed by atoms with Crippen LogP contribution in [0.1, 0.15) is 48.9 Å². The van der Waals surface area contributed by atoms with Crippen molar-refractivity contribution >= 4 is 44.3 Å². The van der Waals surface area contributed by atoms with Crippen LogP contribution in [0.2, 0.25) is 0 Å². The first-order valence-electron chi connectivity index (χ1n) is 6.37. The fourth-order valence-corrected chi connectivity index (χ4v) is 3.16. The summed E-state index contributed by atoms with van der Waals surface area (Å²) >= 11 is 5.73. The number of hydrogen-bond donors (Lipinski definition) is 0. The fraction of sp³-hybridized carbons (Fsp3) is 0.400. The third kappa shape index (κ3) is 3.67. The van der Waals surface area contributed by atoms with E-state index in [1.807, 2.05) is 18.2 Å². The quantitative estimate of drug-likeness (QED) is 0.456. The molecular weight excluding hydrogens is 403 g/mol. The number of ketones is 1. The minimum absolute atomic E-state index is 0.197. The van der Waals surface area contributed by atoms with E-state index in [1.54, 1.807) is 0 Å². The highest BCUT2D eigenvalue weighted by Crippen LogP contribution is 2.26. The first-order valence-corrected chi connectivity index (χ1v) is 8.24. The summed E-state index contributed by atoms with van der Waals surface area (Å²) in [6, 6.07) is 5.93. The zero-order chi connectivity index (χ0) is 13.0. The standard InChI is InChI=1S/C15H16BrIO/c16-14-9-8-12(17)10-13(14)15(18)11-6-4-2-1-3-5-7-11/h6,8-10H,1-5,7H2/b11-6+. The molecule has 0 heterocycles. The summed E-state index contributed by atoms with van der Waals surface area (Å²) in [6.07, 6.45) is 9.01. The lowest BCUT2D eigenvalue weighted by molar-refractivity contribution is 0.102. The number of carbonyl (C=O) groups is 1. The number of allylic oxidation sites excluding steroid dienone is 2. The molecule has 0 fully saturated rings. The zero-order valence-electron chi connectivity index (χ0n) is 10.2. The predicted octanol–water partition coefficient (Wildman–Crippen LogP) is 5.52. The molecule has 0 N–H and O–H groups in total. The van der Waals surface area contributed by atoms with Crippen molar-refractivity contribution in [3.63, 3.8) is 0 Å². The van der Waals surface area contributed by atoms with Gasteiger partial charge in [-0.05, 0) is 72.0 Å². The molecule has 0 atom stereocenters. The van der Waals surface area contributed by atoms with Crippen LogP contribution < -0.4 is 0 Å². The normalized spacial score (nSPS) is 19.6. The topological polar surface area (TPSA) is 17.1 Å². The summed E-state index contributed by atoms with van der Waals surface area (Å²) in [6.45, 7) is 0. The Kier molecular flexibility index (Phi) is 5.42. The maximum atomic E-state index is 12.5. The van der Waals surface area contributed by atoms with Gasteiger partial charge in [-0.15, -0.1) is 0 Å². The Hall–Kier alpha value is -0.160. The molecule has 2 rings (SSSR count). The van der Waals surface area contributed by atoms with Crippen molar-refractivity contribution in [1.29, 1.82) is 0 Å². The highest BCUT2D eigenvalue weighted by Gasteiger charge is 2.16. The number of carbonyl (C=O) groups excluding carboxylic acids is 1. The molecule has 1 nitrogen and oxygen atoms in total. The van der Waals surface area contributed by atoms with Crippen LogP contribution in [0.4, 0.5) is 0 Å². The molecule has 0 saturated carbocycles. The van der Waals surface area contributed by atoms with E-state index >= 15 is 0 Å². The van der Waals surface area contributed by atoms with Crippen LogP contribution in [0, 0.1) is 3.57 Å². The molecule has 1 aliphatic rings. The number of benzene rings is 1. The number of hydrogen-bond acceptors (Lipinski definition) is 1. The van der Waals surface area contributed by atoms with Crippen molar-refractivity contribution < 1.29 is 4.79 Å². The Balaban J connectivity index is 2.26. The molecule has 1 aromatic carbocycles. The summed E-state index contributed by atoms with van der Waals surface area (Å²) in [7, 11) is 0. The van der Waals surface area contributed by atoms with Gasteiger partial charge in [0.05, 0.1) is 0 Å². The lowest BCUT2D eigenvalue weighted by Gasteiger charge is -2.11. The van der Waals surface area contributed by atoms with Crippen molar-refractivity contribution in [3.05, 3.63) is 43.5 Å². The van der Waals surface area contributed by atoms with E-state index in [1.165, 1.54) is 19.3 Å². The molecule has 0 bridgehead atoms. The summed E-state index contributed by atoms with van der Waals surface area (Å²) in [5, 5.41) is 0. The van der Waals surface area contributed by atoms with Crippen LogP contribution in [0.25, 0.3) is 0 Å². The summed E-state index contributed by atoms with van der Waals surface area (Å²) in [4.78, 5) is 12.5. The molecular formula is C15H16BrIO. The van der Waals surface area contributed by atoms with Crippen LogP contribution in [0.3, 0.4) is 0 Å². The van der Waals surface area contributed by atoms with Crippen molar-refractivity contribution in [1.82, 2.24) is 0 Å². The number of rotatable bonds is 2. The van der Waals surface area contributed by atoms with Gasteiger partial charge in [-0.3, -0.25) is 4.79 Å². The molecule has 0 spiro atoms. The van der Waals surface area contributed by atoms with Crippen molar-refractivity contribution in [2.24, 2.45) is 0 Å². The second-order valence-corrected chi connectivity index (χ2v) is 6.74. The molecule has 96 valence electrons. The largest absolute Gasteiger partial charge is 0.289 e. The molecule has 0 amide bonds. The molecule has 0 radical (unpaired) electrons. The third-order valence-electron chi connectivity index (χ3n) is 3.26. The minimum Gasteiger partial charge on any atom is -0.289 e. The highest BCUT2D eigenvalue weighted by atomic mass is 127. The average molecular weight is 419 g/mol. The second kappa shape index (κ2) is 6.85. The van der Waals surface area contributed by atoms with Gasteiger partial charge in [-0.25, -0.2) is 0 Å². The van der Waals surface area contributed by atoms with Crippen LogP contribution >= 0.6 is 38.5 Å². The number of Topliss-reactive ketones (excluding diaryl/α,β-unsaturated/α-hetero) is 1. The molecule has 1 aromatic rings. The van der Waals surface area contributed by atoms with Crippen LogP contribution in [-0.2, 0) is 0 Å². The van der Waals surface area contributed by atoms with Gasteiger partial charge in [0.1, 0.15) is 0 Å². The van der Waals surface area contributed by atoms with Gasteiger partial charge in [0.25, 0.3) is 0 Å². The van der Waals surface area contributed by atoms with Gasteiger partial charge >= 0.3 is 0 Å². The molecule has 1 aliphatic carbocycles. The molecule has 0 aliphatic heterocycles. The van der Waals surface area contributed by atoms with Gasteiger partial charge in [0, 0.05) is 13.6 Å². The Morgan fingerprint density at radius 2 is 1.94 bits per heavy atom. The second-order valence-electron chi connectivity index (χ2n) is 4.64. The lowest BCUT2D eigenvalue weighted by Crippen LogP contribution is -2.06. The van der Waals surface area contributed by atoms with E-state index < -0.39 is 0 Å². The summed E-state index contributed by atoms with van der Waals surface area (Å²) in [5.41, 5.74) is 1.80. The van der Waals surface area contributed by atoms with E-state index in [0.29, 0.717) is 0 Å². The molecule has 0 saturated heterocycles. The van der Waals surface area contributed by atoms with Gasteiger partial charge in [-0.1, -0.05) is 34.8 Å².